The molecule has 0 saturated carbocycles. The molecule has 0 fully saturated rings. The van der Waals surface area contributed by atoms with E-state index in [9.17, 15) is 18.3 Å². The van der Waals surface area contributed by atoms with Gasteiger partial charge in [0.15, 0.2) is 5.65 Å². The summed E-state index contributed by atoms with van der Waals surface area (Å²) in [6, 6.07) is 5.48. The smallest absolute Gasteiger partial charge is 0.391 e. The van der Waals surface area contributed by atoms with E-state index in [1.165, 1.54) is 12.3 Å². The Morgan fingerprint density at radius 2 is 1.96 bits per heavy atom. The number of aromatic amines is 1. The van der Waals surface area contributed by atoms with Crippen LogP contribution in [0.3, 0.4) is 0 Å². The molecule has 0 aliphatic carbocycles. The first-order valence-electron chi connectivity index (χ1n) is 8.55. The Morgan fingerprint density at radius 3 is 2.67 bits per heavy atom. The Bertz CT molecular complexity index is 923. The molecule has 3 aromatic rings. The molecule has 27 heavy (non-hydrogen) atoms. The number of aliphatic hydroxyl groups excluding tert-OH is 1. The molecule has 0 spiro atoms. The summed E-state index contributed by atoms with van der Waals surface area (Å²) < 4.78 is 40.4. The summed E-state index contributed by atoms with van der Waals surface area (Å²) in [5.41, 5.74) is -0.705. The minimum absolute atomic E-state index is 0.0804. The summed E-state index contributed by atoms with van der Waals surface area (Å²) in [6.45, 7) is 4.15. The molecule has 144 valence electrons. The van der Waals surface area contributed by atoms with Crippen molar-refractivity contribution in [1.82, 2.24) is 20.2 Å². The topological polar surface area (TPSA) is 86.7 Å². The predicted octanol–water partition coefficient (Wildman–Crippen LogP) is 3.86. The molecule has 1 unspecified atom stereocenters. The molecule has 9 heteroatoms. The number of rotatable bonds is 6. The van der Waals surface area contributed by atoms with Crippen molar-refractivity contribution in [3.05, 3.63) is 36.0 Å². The maximum absolute atomic E-state index is 13.5. The van der Waals surface area contributed by atoms with Crippen LogP contribution in [0.25, 0.3) is 22.4 Å². The molecule has 0 aliphatic heterocycles. The molecule has 3 aromatic heterocycles. The minimum Gasteiger partial charge on any atom is -0.391 e. The largest absolute Gasteiger partial charge is 0.418 e. The first-order chi connectivity index (χ1) is 12.8. The molecular formula is C18H20F3N5O. The van der Waals surface area contributed by atoms with Gasteiger partial charge in [0, 0.05) is 18.1 Å². The van der Waals surface area contributed by atoms with Gasteiger partial charge < -0.3 is 10.4 Å². The highest BCUT2D eigenvalue weighted by Crippen LogP contribution is 2.38. The van der Waals surface area contributed by atoms with Gasteiger partial charge in [-0.15, -0.1) is 0 Å². The third-order valence-electron chi connectivity index (χ3n) is 4.02. The molecule has 0 radical (unpaired) electrons. The fourth-order valence-corrected chi connectivity index (χ4v) is 2.85. The molecule has 0 saturated heterocycles. The monoisotopic (exact) mass is 379 g/mol. The zero-order chi connectivity index (χ0) is 19.6. The molecule has 3 N–H and O–H groups in total. The number of halogens is 3. The fourth-order valence-electron chi connectivity index (χ4n) is 2.85. The summed E-state index contributed by atoms with van der Waals surface area (Å²) in [5, 5.41) is 19.9. The van der Waals surface area contributed by atoms with Crippen molar-refractivity contribution >= 4 is 16.9 Å². The first kappa shape index (κ1) is 19.1. The Hall–Kier alpha value is -2.68. The van der Waals surface area contributed by atoms with Crippen molar-refractivity contribution < 1.29 is 18.3 Å². The zero-order valence-electron chi connectivity index (χ0n) is 14.9. The number of hydrogen-bond donors (Lipinski definition) is 3. The molecule has 0 amide bonds. The molecular weight excluding hydrogens is 359 g/mol. The number of nitrogens with zero attached hydrogens (tertiary/aromatic N) is 3. The van der Waals surface area contributed by atoms with Crippen molar-refractivity contribution in [3.8, 4) is 11.4 Å². The Kier molecular flexibility index (Phi) is 5.31. The van der Waals surface area contributed by atoms with E-state index in [-0.39, 0.29) is 23.8 Å². The van der Waals surface area contributed by atoms with Crippen LogP contribution in [0, 0.1) is 5.92 Å². The second kappa shape index (κ2) is 7.51. The van der Waals surface area contributed by atoms with Crippen LogP contribution in [-0.4, -0.2) is 37.9 Å². The van der Waals surface area contributed by atoms with E-state index in [4.69, 9.17) is 0 Å². The average molecular weight is 379 g/mol. The second-order valence-corrected chi connectivity index (χ2v) is 6.73. The minimum atomic E-state index is -4.58. The Balaban J connectivity index is 1.97. The van der Waals surface area contributed by atoms with E-state index in [0.717, 1.165) is 6.07 Å². The SMILES string of the molecule is CC(C)CC(O)CNc1ccc(C(F)(F)F)c(-c2n[nH]c3ncccc23)n1. The van der Waals surface area contributed by atoms with E-state index < -0.39 is 17.8 Å². The first-order valence-corrected chi connectivity index (χ1v) is 8.55. The maximum Gasteiger partial charge on any atom is 0.418 e. The predicted molar refractivity (Wildman–Crippen MR) is 96.1 cm³/mol. The van der Waals surface area contributed by atoms with Gasteiger partial charge in [0.1, 0.15) is 17.2 Å². The van der Waals surface area contributed by atoms with Crippen LogP contribution in [0.15, 0.2) is 30.5 Å². The molecule has 0 aromatic carbocycles. The molecule has 0 aliphatic rings. The molecule has 0 bridgehead atoms. The van der Waals surface area contributed by atoms with Gasteiger partial charge in [-0.25, -0.2) is 9.97 Å². The van der Waals surface area contributed by atoms with E-state index >= 15 is 0 Å². The van der Waals surface area contributed by atoms with Crippen molar-refractivity contribution in [2.45, 2.75) is 32.5 Å². The lowest BCUT2D eigenvalue weighted by molar-refractivity contribution is -0.137. The summed E-state index contributed by atoms with van der Waals surface area (Å²) >= 11 is 0. The third kappa shape index (κ3) is 4.36. The van der Waals surface area contributed by atoms with E-state index in [1.807, 2.05) is 13.8 Å². The Morgan fingerprint density at radius 1 is 1.19 bits per heavy atom. The van der Waals surface area contributed by atoms with Crippen LogP contribution in [0.5, 0.6) is 0 Å². The van der Waals surface area contributed by atoms with Crippen molar-refractivity contribution in [1.29, 1.82) is 0 Å². The number of aliphatic hydroxyl groups is 1. The van der Waals surface area contributed by atoms with E-state index in [1.54, 1.807) is 12.1 Å². The molecule has 3 heterocycles. The van der Waals surface area contributed by atoms with E-state index in [2.05, 4.69) is 25.5 Å². The second-order valence-electron chi connectivity index (χ2n) is 6.73. The van der Waals surface area contributed by atoms with Crippen molar-refractivity contribution in [3.63, 3.8) is 0 Å². The number of fused-ring (bicyclic) bond motifs is 1. The van der Waals surface area contributed by atoms with E-state index in [0.29, 0.717) is 23.4 Å². The molecule has 6 nitrogen and oxygen atoms in total. The number of H-pyrrole nitrogens is 1. The van der Waals surface area contributed by atoms with Crippen LogP contribution in [0.2, 0.25) is 0 Å². The van der Waals surface area contributed by atoms with Gasteiger partial charge in [0.25, 0.3) is 0 Å². The van der Waals surface area contributed by atoms with Crippen LogP contribution in [0.1, 0.15) is 25.8 Å². The highest BCUT2D eigenvalue weighted by Gasteiger charge is 2.36. The van der Waals surface area contributed by atoms with Gasteiger partial charge >= 0.3 is 6.18 Å². The molecule has 3 rings (SSSR count). The number of alkyl halides is 3. The van der Waals surface area contributed by atoms with Gasteiger partial charge in [-0.2, -0.15) is 18.3 Å². The highest BCUT2D eigenvalue weighted by molar-refractivity contribution is 5.90. The summed E-state index contributed by atoms with van der Waals surface area (Å²) in [4.78, 5) is 8.18. The van der Waals surface area contributed by atoms with Crippen LogP contribution < -0.4 is 5.32 Å². The molecule has 1 atom stereocenters. The number of pyridine rings is 2. The average Bonchev–Trinajstić information content (AvgIpc) is 3.02. The van der Waals surface area contributed by atoms with Gasteiger partial charge in [-0.3, -0.25) is 5.10 Å². The van der Waals surface area contributed by atoms with Crippen LogP contribution in [-0.2, 0) is 6.18 Å². The highest BCUT2D eigenvalue weighted by atomic mass is 19.4. The maximum atomic E-state index is 13.5. The summed E-state index contributed by atoms with van der Waals surface area (Å²) in [6.07, 6.45) is -3.09. The van der Waals surface area contributed by atoms with Crippen molar-refractivity contribution in [2.75, 3.05) is 11.9 Å². The number of nitrogens with one attached hydrogen (secondary N) is 2. The normalized spacial score (nSPS) is 13.3. The number of aromatic nitrogens is 4. The van der Waals surface area contributed by atoms with Gasteiger partial charge in [0.05, 0.1) is 11.7 Å². The van der Waals surface area contributed by atoms with Gasteiger partial charge in [-0.1, -0.05) is 13.8 Å². The zero-order valence-corrected chi connectivity index (χ0v) is 14.9. The van der Waals surface area contributed by atoms with Crippen LogP contribution in [0.4, 0.5) is 19.0 Å². The standard InChI is InChI=1S/C18H20F3N5O/c1-10(2)8-11(27)9-23-14-6-5-13(18(19,20)21)16(24-14)15-12-4-3-7-22-17(12)26-25-15/h3-7,10-11,27H,8-9H2,1-2H3,(H,23,24)(H,22,25,26). The van der Waals surface area contributed by atoms with Crippen LogP contribution >= 0.6 is 0 Å². The summed E-state index contributed by atoms with van der Waals surface area (Å²) in [5.74, 6) is 0.543. The lowest BCUT2D eigenvalue weighted by Crippen LogP contribution is -2.22. The summed E-state index contributed by atoms with van der Waals surface area (Å²) in [7, 11) is 0. The van der Waals surface area contributed by atoms with Crippen molar-refractivity contribution in [2.24, 2.45) is 5.92 Å². The lowest BCUT2D eigenvalue weighted by Gasteiger charge is -2.16. The van der Waals surface area contributed by atoms with Gasteiger partial charge in [-0.05, 0) is 36.6 Å². The van der Waals surface area contributed by atoms with Gasteiger partial charge in [0.2, 0.25) is 0 Å². The Labute approximate surface area is 153 Å². The lowest BCUT2D eigenvalue weighted by atomic mass is 10.1. The number of anilines is 1. The fraction of sp³-hybridized carbons (Fsp3) is 0.389. The number of hydrogen-bond acceptors (Lipinski definition) is 5. The quantitative estimate of drug-likeness (QED) is 0.605. The third-order valence-corrected chi connectivity index (χ3v) is 4.02.